The third-order valence-electron chi connectivity index (χ3n) is 5.83. The molecule has 2 N–H and O–H groups in total. The zero-order chi connectivity index (χ0) is 24.0. The second-order valence-corrected chi connectivity index (χ2v) is 9.74. The molecule has 1 unspecified atom stereocenters. The van der Waals surface area contributed by atoms with E-state index in [-0.39, 0.29) is 49.3 Å². The Morgan fingerprint density at radius 3 is 2.58 bits per heavy atom. The fourth-order valence-electron chi connectivity index (χ4n) is 4.07. The highest BCUT2D eigenvalue weighted by molar-refractivity contribution is 6.01. The molecular weight excluding hydrogens is 428 g/mol. The molecule has 7 nitrogen and oxygen atoms in total. The van der Waals surface area contributed by atoms with Gasteiger partial charge in [-0.1, -0.05) is 0 Å². The Hall–Kier alpha value is -3.23. The van der Waals surface area contributed by atoms with Crippen LogP contribution >= 0.6 is 0 Å². The number of hydrogen-bond donors (Lipinski definition) is 2. The van der Waals surface area contributed by atoms with Gasteiger partial charge in [0, 0.05) is 55.0 Å². The number of alkyl halides is 2. The molecule has 1 saturated heterocycles. The monoisotopic (exact) mass is 457 g/mol. The minimum atomic E-state index is -2.70. The number of hydrogen-bond acceptors (Lipinski definition) is 4. The van der Waals surface area contributed by atoms with E-state index in [1.54, 1.807) is 12.3 Å². The van der Waals surface area contributed by atoms with Crippen molar-refractivity contribution in [2.45, 2.75) is 58.0 Å². The third-order valence-corrected chi connectivity index (χ3v) is 5.83. The summed E-state index contributed by atoms with van der Waals surface area (Å²) in [5.74, 6) is -2.34. The molecule has 0 bridgehead atoms. The first-order valence-corrected chi connectivity index (χ1v) is 11.1. The summed E-state index contributed by atoms with van der Waals surface area (Å²) in [6, 6.07) is 3.33. The average Bonchev–Trinajstić information content (AvgIpc) is 3.14. The van der Waals surface area contributed by atoms with Gasteiger partial charge in [-0.3, -0.25) is 14.6 Å². The van der Waals surface area contributed by atoms with Crippen molar-refractivity contribution in [1.82, 2.24) is 19.8 Å². The highest BCUT2D eigenvalue weighted by atomic mass is 19.3. The number of likely N-dealkylation sites (tertiary alicyclic amines) is 1. The van der Waals surface area contributed by atoms with Gasteiger partial charge in [-0.05, 0) is 45.9 Å². The van der Waals surface area contributed by atoms with Crippen LogP contribution in [0, 0.1) is 0 Å². The first-order chi connectivity index (χ1) is 15.4. The van der Waals surface area contributed by atoms with E-state index in [0.717, 1.165) is 11.4 Å². The summed E-state index contributed by atoms with van der Waals surface area (Å²) in [5.41, 5.74) is 2.14. The second-order valence-electron chi connectivity index (χ2n) is 9.74. The number of piperidine rings is 1. The number of carbonyl (C=O) groups is 2. The van der Waals surface area contributed by atoms with Gasteiger partial charge >= 0.3 is 0 Å². The molecule has 176 valence electrons. The molecule has 0 aromatic carbocycles. The first kappa shape index (κ1) is 22.9. The average molecular weight is 458 g/mol. The quantitative estimate of drug-likeness (QED) is 0.734. The van der Waals surface area contributed by atoms with Crippen LogP contribution in [0.25, 0.3) is 11.8 Å². The lowest BCUT2D eigenvalue weighted by atomic mass is 9.98. The van der Waals surface area contributed by atoms with E-state index in [9.17, 15) is 18.4 Å². The minimum Gasteiger partial charge on any atom is -0.364 e. The highest BCUT2D eigenvalue weighted by Crippen LogP contribution is 2.33. The van der Waals surface area contributed by atoms with Crippen molar-refractivity contribution in [3.05, 3.63) is 47.4 Å². The zero-order valence-electron chi connectivity index (χ0n) is 19.3. The van der Waals surface area contributed by atoms with Crippen LogP contribution in [0.1, 0.15) is 56.5 Å². The van der Waals surface area contributed by atoms with Gasteiger partial charge in [0.05, 0.1) is 23.5 Å². The van der Waals surface area contributed by atoms with Gasteiger partial charge in [0.1, 0.15) is 5.82 Å². The molecule has 0 aliphatic carbocycles. The molecule has 0 spiro atoms. The lowest BCUT2D eigenvalue weighted by molar-refractivity contribution is -0.133. The predicted molar refractivity (Wildman–Crippen MR) is 123 cm³/mol. The van der Waals surface area contributed by atoms with E-state index in [1.165, 1.54) is 11.1 Å². The van der Waals surface area contributed by atoms with Gasteiger partial charge in [-0.15, -0.1) is 0 Å². The topological polar surface area (TPSA) is 79.3 Å². The van der Waals surface area contributed by atoms with Crippen molar-refractivity contribution in [2.75, 3.05) is 18.4 Å². The van der Waals surface area contributed by atoms with E-state index < -0.39 is 5.92 Å². The number of aromatic nitrogens is 2. The summed E-state index contributed by atoms with van der Waals surface area (Å²) in [4.78, 5) is 31.3. The maximum Gasteiger partial charge on any atom is 0.253 e. The molecule has 9 heteroatoms. The Bertz CT molecular complexity index is 1110. The Labute approximate surface area is 191 Å². The lowest BCUT2D eigenvalue weighted by Gasteiger charge is -2.34. The van der Waals surface area contributed by atoms with Crippen LogP contribution < -0.4 is 10.6 Å². The van der Waals surface area contributed by atoms with Crippen LogP contribution in [-0.2, 0) is 4.79 Å². The Balaban J connectivity index is 1.58. The van der Waals surface area contributed by atoms with E-state index in [2.05, 4.69) is 15.6 Å². The summed E-state index contributed by atoms with van der Waals surface area (Å²) in [7, 11) is 0. The van der Waals surface area contributed by atoms with Crippen LogP contribution in [-0.4, -0.2) is 56.9 Å². The standard InChI is InChI=1S/C24H29F2N5O2/c1-15-19(22(33)30-9-6-24(25,26)7-10-30)12-16-5-8-31(20(16)28-15)18-11-17(13-27-14-18)21(32)29-23(2,3)4/h5,8,11-15,28H,6-7,9-10H2,1-4H3,(H,29,32). The molecular formula is C24H29F2N5O2. The van der Waals surface area contributed by atoms with Crippen molar-refractivity contribution >= 4 is 23.7 Å². The van der Waals surface area contributed by atoms with E-state index in [4.69, 9.17) is 0 Å². The Morgan fingerprint density at radius 2 is 1.91 bits per heavy atom. The third kappa shape index (κ3) is 4.91. The minimum absolute atomic E-state index is 0.0544. The molecule has 2 aliphatic rings. The highest BCUT2D eigenvalue weighted by Gasteiger charge is 2.37. The van der Waals surface area contributed by atoms with Gasteiger partial charge in [0.15, 0.2) is 0 Å². The van der Waals surface area contributed by atoms with Gasteiger partial charge in [-0.25, -0.2) is 8.78 Å². The number of halogens is 2. The van der Waals surface area contributed by atoms with E-state index in [1.807, 2.05) is 50.6 Å². The van der Waals surface area contributed by atoms with Crippen molar-refractivity contribution in [1.29, 1.82) is 0 Å². The van der Waals surface area contributed by atoms with Crippen LogP contribution in [0.15, 0.2) is 36.3 Å². The molecule has 2 aliphatic heterocycles. The molecule has 4 heterocycles. The first-order valence-electron chi connectivity index (χ1n) is 11.1. The van der Waals surface area contributed by atoms with Crippen LogP contribution in [0.3, 0.4) is 0 Å². The number of rotatable bonds is 3. The van der Waals surface area contributed by atoms with E-state index >= 15 is 0 Å². The molecule has 1 atom stereocenters. The zero-order valence-corrected chi connectivity index (χ0v) is 19.3. The van der Waals surface area contributed by atoms with Gasteiger partial charge in [0.2, 0.25) is 0 Å². The number of carbonyl (C=O) groups excluding carboxylic acids is 2. The van der Waals surface area contributed by atoms with Crippen LogP contribution in [0.2, 0.25) is 0 Å². The molecule has 0 radical (unpaired) electrons. The maximum absolute atomic E-state index is 13.5. The van der Waals surface area contributed by atoms with Crippen molar-refractivity contribution in [3.63, 3.8) is 0 Å². The number of nitrogens with one attached hydrogen (secondary N) is 2. The molecule has 1 fully saturated rings. The van der Waals surface area contributed by atoms with Crippen molar-refractivity contribution in [2.24, 2.45) is 0 Å². The summed E-state index contributed by atoms with van der Waals surface area (Å²) >= 11 is 0. The predicted octanol–water partition coefficient (Wildman–Crippen LogP) is 3.86. The summed E-state index contributed by atoms with van der Waals surface area (Å²) in [6.45, 7) is 7.72. The SMILES string of the molecule is CC1Nc2c(ccn2-c2cncc(C(=O)NC(C)(C)C)c2)C=C1C(=O)N1CCC(F)(F)CC1. The molecule has 0 saturated carbocycles. The normalized spacial score (nSPS) is 19.9. The number of fused-ring (bicyclic) bond motifs is 1. The maximum atomic E-state index is 13.5. The molecule has 2 aromatic heterocycles. The summed E-state index contributed by atoms with van der Waals surface area (Å²) in [5, 5.41) is 6.28. The molecule has 4 rings (SSSR count). The Kier molecular flexibility index (Phi) is 5.76. The van der Waals surface area contributed by atoms with Crippen molar-refractivity contribution in [3.8, 4) is 5.69 Å². The fraction of sp³-hybridized carbons (Fsp3) is 0.458. The van der Waals surface area contributed by atoms with E-state index in [0.29, 0.717) is 16.8 Å². The number of amides is 2. The lowest BCUT2D eigenvalue weighted by Crippen LogP contribution is -2.45. The number of nitrogens with zero attached hydrogens (tertiary/aromatic N) is 3. The Morgan fingerprint density at radius 1 is 1.21 bits per heavy atom. The number of pyridine rings is 1. The van der Waals surface area contributed by atoms with Gasteiger partial charge < -0.3 is 20.1 Å². The molecule has 2 aromatic rings. The van der Waals surface area contributed by atoms with Gasteiger partial charge in [0.25, 0.3) is 17.7 Å². The fourth-order valence-corrected chi connectivity index (χ4v) is 4.07. The smallest absolute Gasteiger partial charge is 0.253 e. The second kappa shape index (κ2) is 8.28. The molecule has 33 heavy (non-hydrogen) atoms. The van der Waals surface area contributed by atoms with Crippen LogP contribution in [0.5, 0.6) is 0 Å². The van der Waals surface area contributed by atoms with Crippen molar-refractivity contribution < 1.29 is 18.4 Å². The largest absolute Gasteiger partial charge is 0.364 e. The molecule has 2 amide bonds. The number of anilines is 1. The van der Waals surface area contributed by atoms with Crippen LogP contribution in [0.4, 0.5) is 14.6 Å². The summed E-state index contributed by atoms with van der Waals surface area (Å²) < 4.78 is 28.8. The summed E-state index contributed by atoms with van der Waals surface area (Å²) in [6.07, 6.45) is 6.24. The van der Waals surface area contributed by atoms with Gasteiger partial charge in [-0.2, -0.15) is 0 Å².